The van der Waals surface area contributed by atoms with Gasteiger partial charge in [-0.05, 0) is 34.1 Å². The topological polar surface area (TPSA) is 21.1 Å². The Morgan fingerprint density at radius 3 is 2.56 bits per heavy atom. The van der Waals surface area contributed by atoms with Gasteiger partial charge in [-0.3, -0.25) is 9.58 Å². The van der Waals surface area contributed by atoms with E-state index in [-0.39, 0.29) is 5.54 Å². The van der Waals surface area contributed by atoms with Crippen molar-refractivity contribution in [2.45, 2.75) is 52.7 Å². The monoisotopic (exact) mass is 241 g/mol. The van der Waals surface area contributed by atoms with Gasteiger partial charge in [-0.15, -0.1) is 0 Å². The molecule has 1 aromatic heterocycles. The van der Waals surface area contributed by atoms with Crippen molar-refractivity contribution in [2.24, 2.45) is 0 Å². The Labute approximate surface area is 102 Å². The molecule has 0 N–H and O–H groups in total. The van der Waals surface area contributed by atoms with Gasteiger partial charge in [-0.25, -0.2) is 0 Å². The third-order valence-electron chi connectivity index (χ3n) is 3.24. The predicted molar refractivity (Wildman–Crippen MR) is 66.8 cm³/mol. The Balaban J connectivity index is 2.33. The molecule has 0 radical (unpaired) electrons. The molecule has 1 aromatic rings. The minimum absolute atomic E-state index is 0.191. The molecular weight excluding hydrogens is 222 g/mol. The van der Waals surface area contributed by atoms with Crippen LogP contribution in [-0.2, 0) is 13.1 Å². The highest BCUT2D eigenvalue weighted by Crippen LogP contribution is 2.27. The lowest BCUT2D eigenvalue weighted by Crippen LogP contribution is -2.40. The van der Waals surface area contributed by atoms with E-state index in [0.717, 1.165) is 36.8 Å². The van der Waals surface area contributed by atoms with Gasteiger partial charge in [0, 0.05) is 25.2 Å². The summed E-state index contributed by atoms with van der Waals surface area (Å²) >= 11 is 6.30. The van der Waals surface area contributed by atoms with Crippen LogP contribution in [0.15, 0.2) is 0 Å². The van der Waals surface area contributed by atoms with Gasteiger partial charge in [0.1, 0.15) is 0 Å². The van der Waals surface area contributed by atoms with Crippen molar-refractivity contribution in [1.82, 2.24) is 14.7 Å². The lowest BCUT2D eigenvalue weighted by molar-refractivity contribution is 0.130. The molecule has 1 aliphatic heterocycles. The first-order valence-electron chi connectivity index (χ1n) is 5.86. The fourth-order valence-corrected chi connectivity index (χ4v) is 2.38. The Kier molecular flexibility index (Phi) is 3.01. The zero-order chi connectivity index (χ0) is 11.9. The van der Waals surface area contributed by atoms with E-state index in [2.05, 4.69) is 35.5 Å². The number of hydrogen-bond acceptors (Lipinski definition) is 2. The summed E-state index contributed by atoms with van der Waals surface area (Å²) in [6, 6.07) is 0. The van der Waals surface area contributed by atoms with Crippen molar-refractivity contribution in [2.75, 3.05) is 6.54 Å². The maximum Gasteiger partial charge on any atom is 0.0860 e. The highest BCUT2D eigenvalue weighted by molar-refractivity contribution is 6.31. The largest absolute Gasteiger partial charge is 0.293 e. The van der Waals surface area contributed by atoms with Gasteiger partial charge in [-0.2, -0.15) is 5.10 Å². The zero-order valence-electron chi connectivity index (χ0n) is 10.5. The van der Waals surface area contributed by atoms with Crippen molar-refractivity contribution in [3.63, 3.8) is 0 Å². The number of aromatic nitrogens is 2. The third-order valence-corrected chi connectivity index (χ3v) is 3.73. The minimum Gasteiger partial charge on any atom is -0.293 e. The molecule has 0 spiro atoms. The van der Waals surface area contributed by atoms with Crippen molar-refractivity contribution in [3.8, 4) is 0 Å². The van der Waals surface area contributed by atoms with Crippen LogP contribution >= 0.6 is 11.6 Å². The molecule has 0 saturated carbocycles. The van der Waals surface area contributed by atoms with Crippen molar-refractivity contribution in [1.29, 1.82) is 0 Å². The van der Waals surface area contributed by atoms with Gasteiger partial charge in [0.05, 0.1) is 16.4 Å². The molecule has 0 fully saturated rings. The third kappa shape index (κ3) is 2.11. The summed E-state index contributed by atoms with van der Waals surface area (Å²) in [4.78, 5) is 2.47. The number of rotatable bonds is 0. The van der Waals surface area contributed by atoms with Gasteiger partial charge >= 0.3 is 0 Å². The van der Waals surface area contributed by atoms with Crippen LogP contribution in [0.4, 0.5) is 0 Å². The van der Waals surface area contributed by atoms with Gasteiger partial charge in [0.15, 0.2) is 0 Å². The molecule has 0 amide bonds. The molecule has 0 aliphatic carbocycles. The second kappa shape index (κ2) is 4.04. The molecule has 2 rings (SSSR count). The SMILES string of the molecule is Cc1nn2c(c1Cl)CN(C(C)(C)C)CCC2. The van der Waals surface area contributed by atoms with E-state index >= 15 is 0 Å². The molecule has 90 valence electrons. The molecule has 0 bridgehead atoms. The molecule has 1 aliphatic rings. The standard InChI is InChI=1S/C12H20ClN3/c1-9-11(13)10-8-15(12(2,3)4)6-5-7-16(10)14-9/h5-8H2,1-4H3. The summed E-state index contributed by atoms with van der Waals surface area (Å²) in [6.07, 6.45) is 1.14. The average Bonchev–Trinajstić information content (AvgIpc) is 2.40. The zero-order valence-corrected chi connectivity index (χ0v) is 11.3. The Morgan fingerprint density at radius 2 is 1.94 bits per heavy atom. The molecule has 4 heteroatoms. The summed E-state index contributed by atoms with van der Waals surface area (Å²) in [7, 11) is 0. The smallest absolute Gasteiger partial charge is 0.0860 e. The fraction of sp³-hybridized carbons (Fsp3) is 0.750. The van der Waals surface area contributed by atoms with Crippen LogP contribution in [0.5, 0.6) is 0 Å². The fourth-order valence-electron chi connectivity index (χ4n) is 2.19. The maximum atomic E-state index is 6.30. The molecule has 0 aromatic carbocycles. The first-order valence-corrected chi connectivity index (χ1v) is 6.24. The van der Waals surface area contributed by atoms with E-state index in [9.17, 15) is 0 Å². The molecule has 2 heterocycles. The number of nitrogens with zero attached hydrogens (tertiary/aromatic N) is 3. The van der Waals surface area contributed by atoms with Crippen LogP contribution < -0.4 is 0 Å². The van der Waals surface area contributed by atoms with Crippen molar-refractivity contribution < 1.29 is 0 Å². The van der Waals surface area contributed by atoms with E-state index in [4.69, 9.17) is 11.6 Å². The molecule has 16 heavy (non-hydrogen) atoms. The Hall–Kier alpha value is -0.540. The summed E-state index contributed by atoms with van der Waals surface area (Å²) < 4.78 is 2.07. The summed E-state index contributed by atoms with van der Waals surface area (Å²) in [6.45, 7) is 11.7. The first-order chi connectivity index (χ1) is 7.39. The van der Waals surface area contributed by atoms with Crippen LogP contribution in [0, 0.1) is 6.92 Å². The summed E-state index contributed by atoms with van der Waals surface area (Å²) in [5.41, 5.74) is 2.32. The van der Waals surface area contributed by atoms with Gasteiger partial charge < -0.3 is 0 Å². The quantitative estimate of drug-likeness (QED) is 0.697. The van der Waals surface area contributed by atoms with Crippen molar-refractivity contribution in [3.05, 3.63) is 16.4 Å². The highest BCUT2D eigenvalue weighted by Gasteiger charge is 2.26. The predicted octanol–water partition coefficient (Wildman–Crippen LogP) is 2.85. The lowest BCUT2D eigenvalue weighted by atomic mass is 10.1. The lowest BCUT2D eigenvalue weighted by Gasteiger charge is -2.34. The number of halogens is 1. The highest BCUT2D eigenvalue weighted by atomic mass is 35.5. The van der Waals surface area contributed by atoms with Crippen LogP contribution in [0.2, 0.25) is 5.02 Å². The normalized spacial score (nSPS) is 18.3. The summed E-state index contributed by atoms with van der Waals surface area (Å²) in [5.74, 6) is 0. The Morgan fingerprint density at radius 1 is 1.25 bits per heavy atom. The van der Waals surface area contributed by atoms with Crippen LogP contribution in [0.1, 0.15) is 38.6 Å². The molecule has 3 nitrogen and oxygen atoms in total. The average molecular weight is 242 g/mol. The minimum atomic E-state index is 0.191. The Bertz CT molecular complexity index is 390. The van der Waals surface area contributed by atoms with E-state index in [1.165, 1.54) is 5.69 Å². The second-order valence-corrected chi connectivity index (χ2v) is 5.89. The van der Waals surface area contributed by atoms with Crippen LogP contribution in [0.3, 0.4) is 0 Å². The number of aryl methyl sites for hydroxylation is 2. The molecule has 0 unspecified atom stereocenters. The van der Waals surface area contributed by atoms with Gasteiger partial charge in [-0.1, -0.05) is 11.6 Å². The van der Waals surface area contributed by atoms with E-state index < -0.39 is 0 Å². The number of fused-ring (bicyclic) bond motifs is 1. The van der Waals surface area contributed by atoms with E-state index in [0.29, 0.717) is 0 Å². The summed E-state index contributed by atoms with van der Waals surface area (Å²) in [5, 5.41) is 5.33. The van der Waals surface area contributed by atoms with E-state index in [1.54, 1.807) is 0 Å². The van der Waals surface area contributed by atoms with Crippen LogP contribution in [0.25, 0.3) is 0 Å². The second-order valence-electron chi connectivity index (χ2n) is 5.52. The van der Waals surface area contributed by atoms with Gasteiger partial charge in [0.2, 0.25) is 0 Å². The van der Waals surface area contributed by atoms with Crippen LogP contribution in [-0.4, -0.2) is 26.8 Å². The van der Waals surface area contributed by atoms with E-state index in [1.807, 2.05) is 6.92 Å². The maximum absolute atomic E-state index is 6.30. The molecule has 0 atom stereocenters. The van der Waals surface area contributed by atoms with Gasteiger partial charge in [0.25, 0.3) is 0 Å². The first kappa shape index (κ1) is 11.9. The molecule has 0 saturated heterocycles. The molecular formula is C12H20ClN3. The van der Waals surface area contributed by atoms with Crippen molar-refractivity contribution >= 4 is 11.6 Å². The number of hydrogen-bond donors (Lipinski definition) is 0.